The fourth-order valence-corrected chi connectivity index (χ4v) is 6.87. The van der Waals surface area contributed by atoms with E-state index in [4.69, 9.17) is 4.98 Å². The Labute approximate surface area is 152 Å². The van der Waals surface area contributed by atoms with Crippen LogP contribution < -0.4 is 5.32 Å². The molecule has 1 N–H and O–H groups in total. The Morgan fingerprint density at radius 3 is 2.72 bits per heavy atom. The normalized spacial score (nSPS) is 36.4. The Morgan fingerprint density at radius 1 is 1.28 bits per heavy atom. The predicted molar refractivity (Wildman–Crippen MR) is 96.2 cm³/mol. The van der Waals surface area contributed by atoms with Crippen LogP contribution in [0.15, 0.2) is 11.7 Å². The van der Waals surface area contributed by atoms with Crippen molar-refractivity contribution >= 4 is 11.3 Å². The molecule has 0 spiro atoms. The van der Waals surface area contributed by atoms with Crippen LogP contribution in [0, 0.1) is 11.8 Å². The molecule has 2 aromatic heterocycles. The van der Waals surface area contributed by atoms with Crippen LogP contribution in [0.2, 0.25) is 0 Å². The van der Waals surface area contributed by atoms with Crippen LogP contribution >= 0.6 is 11.3 Å². The van der Waals surface area contributed by atoms with Crippen LogP contribution in [-0.4, -0.2) is 30.7 Å². The number of rotatable bonds is 5. The topological polar surface area (TPSA) is 68.5 Å². The quantitative estimate of drug-likeness (QED) is 0.889. The van der Waals surface area contributed by atoms with Crippen molar-refractivity contribution in [3.8, 4) is 0 Å². The first kappa shape index (κ1) is 15.9. The van der Waals surface area contributed by atoms with Crippen molar-refractivity contribution in [1.29, 1.82) is 0 Å². The third kappa shape index (κ3) is 2.63. The SMILES string of the molecule is CC(C)c1csc(CNC23CC4CC(C2)CC(n2ncnn2)(C4)C3)n1. The summed E-state index contributed by atoms with van der Waals surface area (Å²) in [6.45, 7) is 5.30. The summed E-state index contributed by atoms with van der Waals surface area (Å²) in [5.74, 6) is 2.09. The van der Waals surface area contributed by atoms with Crippen molar-refractivity contribution in [3.05, 3.63) is 22.4 Å². The molecule has 2 aromatic rings. The molecule has 2 heterocycles. The molecule has 2 unspecified atom stereocenters. The number of hydrogen-bond donors (Lipinski definition) is 1. The molecule has 0 radical (unpaired) electrons. The summed E-state index contributed by atoms with van der Waals surface area (Å²) in [7, 11) is 0. The van der Waals surface area contributed by atoms with Gasteiger partial charge in [-0.05, 0) is 61.5 Å². The number of thiazole rings is 1. The van der Waals surface area contributed by atoms with Crippen molar-refractivity contribution in [2.24, 2.45) is 11.8 Å². The van der Waals surface area contributed by atoms with E-state index in [-0.39, 0.29) is 11.1 Å². The predicted octanol–water partition coefficient (Wildman–Crippen LogP) is 3.09. The van der Waals surface area contributed by atoms with Crippen molar-refractivity contribution in [2.45, 2.75) is 75.9 Å². The second-order valence-corrected chi connectivity index (χ2v) is 9.81. The Balaban J connectivity index is 1.37. The molecule has 7 heteroatoms. The molecule has 0 saturated heterocycles. The van der Waals surface area contributed by atoms with E-state index in [9.17, 15) is 0 Å². The number of hydrogen-bond acceptors (Lipinski definition) is 6. The van der Waals surface area contributed by atoms with Gasteiger partial charge in [-0.3, -0.25) is 0 Å². The maximum atomic E-state index is 4.81. The first-order valence-electron chi connectivity index (χ1n) is 9.49. The monoisotopic (exact) mass is 358 g/mol. The molecular formula is C18H26N6S. The van der Waals surface area contributed by atoms with Crippen molar-refractivity contribution < 1.29 is 0 Å². The molecule has 4 bridgehead atoms. The summed E-state index contributed by atoms with van der Waals surface area (Å²) < 4.78 is 0. The smallest absolute Gasteiger partial charge is 0.162 e. The van der Waals surface area contributed by atoms with Gasteiger partial charge in [-0.2, -0.15) is 4.80 Å². The second-order valence-electron chi connectivity index (χ2n) is 8.87. The van der Waals surface area contributed by atoms with E-state index in [2.05, 4.69) is 40.0 Å². The Kier molecular flexibility index (Phi) is 3.54. The Hall–Kier alpha value is -1.34. The van der Waals surface area contributed by atoms with Crippen molar-refractivity contribution in [1.82, 2.24) is 30.5 Å². The fourth-order valence-electron chi connectivity index (χ4n) is 5.97. The summed E-state index contributed by atoms with van der Waals surface area (Å²) in [6, 6.07) is 0. The molecule has 0 aromatic carbocycles. The van der Waals surface area contributed by atoms with Gasteiger partial charge in [0.05, 0.1) is 11.2 Å². The second kappa shape index (κ2) is 5.58. The molecule has 25 heavy (non-hydrogen) atoms. The third-order valence-corrected chi connectivity index (χ3v) is 7.45. The molecule has 4 fully saturated rings. The molecule has 2 atom stereocenters. The molecule has 0 amide bonds. The van der Waals surface area contributed by atoms with Gasteiger partial charge < -0.3 is 5.32 Å². The summed E-state index contributed by atoms with van der Waals surface area (Å²) in [5, 5.41) is 20.1. The summed E-state index contributed by atoms with van der Waals surface area (Å²) >= 11 is 1.79. The lowest BCUT2D eigenvalue weighted by atomic mass is 9.50. The highest BCUT2D eigenvalue weighted by Gasteiger charge is 2.59. The number of nitrogens with zero attached hydrogens (tertiary/aromatic N) is 5. The molecule has 4 aliphatic rings. The first-order valence-corrected chi connectivity index (χ1v) is 10.4. The van der Waals surface area contributed by atoms with Gasteiger partial charge in [-0.25, -0.2) is 4.98 Å². The van der Waals surface area contributed by atoms with Gasteiger partial charge in [-0.1, -0.05) is 13.8 Å². The molecule has 4 saturated carbocycles. The minimum atomic E-state index is 0.0829. The molecule has 0 aliphatic heterocycles. The average molecular weight is 359 g/mol. The summed E-state index contributed by atoms with van der Waals surface area (Å²) in [5.41, 5.74) is 1.52. The zero-order chi connectivity index (χ0) is 17.1. The largest absolute Gasteiger partial charge is 0.305 e. The van der Waals surface area contributed by atoms with Crippen LogP contribution in [0.5, 0.6) is 0 Å². The lowest BCUT2D eigenvalue weighted by Crippen LogP contribution is -2.65. The minimum Gasteiger partial charge on any atom is -0.305 e. The van der Waals surface area contributed by atoms with Gasteiger partial charge in [0, 0.05) is 17.5 Å². The number of nitrogens with one attached hydrogen (secondary N) is 1. The maximum Gasteiger partial charge on any atom is 0.162 e. The van der Waals surface area contributed by atoms with Crippen LogP contribution in [0.1, 0.15) is 69.0 Å². The van der Waals surface area contributed by atoms with Crippen molar-refractivity contribution in [3.63, 3.8) is 0 Å². The van der Waals surface area contributed by atoms with Crippen LogP contribution in [0.4, 0.5) is 0 Å². The lowest BCUT2D eigenvalue weighted by Gasteiger charge is -2.61. The van der Waals surface area contributed by atoms with E-state index in [1.54, 1.807) is 17.7 Å². The van der Waals surface area contributed by atoms with Gasteiger partial charge in [-0.15, -0.1) is 21.5 Å². The van der Waals surface area contributed by atoms with Gasteiger partial charge in [0.25, 0.3) is 0 Å². The molecular weight excluding hydrogens is 332 g/mol. The first-order chi connectivity index (χ1) is 12.1. The van der Waals surface area contributed by atoms with Crippen LogP contribution in [-0.2, 0) is 12.1 Å². The molecule has 4 aliphatic carbocycles. The molecule has 134 valence electrons. The Morgan fingerprint density at radius 2 is 2.08 bits per heavy atom. The van der Waals surface area contributed by atoms with E-state index < -0.39 is 0 Å². The average Bonchev–Trinajstić information content (AvgIpc) is 3.24. The molecule has 6 nitrogen and oxygen atoms in total. The summed E-state index contributed by atoms with van der Waals surface area (Å²) in [4.78, 5) is 6.74. The van der Waals surface area contributed by atoms with E-state index in [1.807, 2.05) is 4.80 Å². The standard InChI is InChI=1S/C18H26N6S/c1-12(2)15-9-25-16(22-15)8-19-17-4-13-3-14(5-17)7-18(6-13,10-17)24-21-11-20-23-24/h9,11-14,19H,3-8,10H2,1-2H3. The van der Waals surface area contributed by atoms with E-state index in [0.29, 0.717) is 5.92 Å². The van der Waals surface area contributed by atoms with Gasteiger partial charge in [0.15, 0.2) is 6.33 Å². The zero-order valence-electron chi connectivity index (χ0n) is 15.0. The highest BCUT2D eigenvalue weighted by Crippen LogP contribution is 2.60. The lowest BCUT2D eigenvalue weighted by molar-refractivity contribution is -0.0854. The number of tetrazole rings is 1. The maximum absolute atomic E-state index is 4.81. The van der Waals surface area contributed by atoms with Gasteiger partial charge in [0.2, 0.25) is 0 Å². The summed E-state index contributed by atoms with van der Waals surface area (Å²) in [6.07, 6.45) is 9.13. The molecule has 6 rings (SSSR count). The highest BCUT2D eigenvalue weighted by molar-refractivity contribution is 7.09. The van der Waals surface area contributed by atoms with Gasteiger partial charge in [0.1, 0.15) is 5.01 Å². The zero-order valence-corrected chi connectivity index (χ0v) is 15.8. The van der Waals surface area contributed by atoms with E-state index in [0.717, 1.165) is 24.8 Å². The van der Waals surface area contributed by atoms with E-state index in [1.165, 1.54) is 42.8 Å². The fraction of sp³-hybridized carbons (Fsp3) is 0.778. The van der Waals surface area contributed by atoms with E-state index >= 15 is 0 Å². The minimum absolute atomic E-state index is 0.0829. The Bertz CT molecular complexity index is 737. The van der Waals surface area contributed by atoms with Gasteiger partial charge >= 0.3 is 0 Å². The highest BCUT2D eigenvalue weighted by atomic mass is 32.1. The third-order valence-electron chi connectivity index (χ3n) is 6.58. The van der Waals surface area contributed by atoms with Crippen LogP contribution in [0.3, 0.4) is 0 Å². The van der Waals surface area contributed by atoms with Crippen LogP contribution in [0.25, 0.3) is 0 Å². The van der Waals surface area contributed by atoms with Crippen molar-refractivity contribution in [2.75, 3.05) is 0 Å². The number of aromatic nitrogens is 5.